The first-order chi connectivity index (χ1) is 14.3. The van der Waals surface area contributed by atoms with Gasteiger partial charge in [-0.1, -0.05) is 6.07 Å². The summed E-state index contributed by atoms with van der Waals surface area (Å²) >= 11 is 4.61. The molecule has 0 saturated heterocycles. The summed E-state index contributed by atoms with van der Waals surface area (Å²) in [6, 6.07) is 9.21. The topological polar surface area (TPSA) is 82.7 Å². The Morgan fingerprint density at radius 3 is 2.67 bits per heavy atom. The van der Waals surface area contributed by atoms with E-state index in [2.05, 4.69) is 31.7 Å². The second-order valence-corrected chi connectivity index (χ2v) is 8.38. The molecule has 154 valence electrons. The highest BCUT2D eigenvalue weighted by Gasteiger charge is 2.48. The zero-order chi connectivity index (χ0) is 21.5. The summed E-state index contributed by atoms with van der Waals surface area (Å²) in [5, 5.41) is 20.3. The maximum atomic E-state index is 13.8. The minimum Gasteiger partial charge on any atom is -0.362 e. The Balaban J connectivity index is 1.67. The number of aromatic nitrogens is 2. The van der Waals surface area contributed by atoms with E-state index < -0.39 is 24.2 Å². The third-order valence-corrected chi connectivity index (χ3v) is 6.41. The van der Waals surface area contributed by atoms with Crippen molar-refractivity contribution in [1.82, 2.24) is 9.78 Å². The van der Waals surface area contributed by atoms with Crippen LogP contribution in [0, 0.1) is 11.3 Å². The van der Waals surface area contributed by atoms with Crippen molar-refractivity contribution >= 4 is 44.7 Å². The van der Waals surface area contributed by atoms with Crippen molar-refractivity contribution in [2.75, 3.05) is 10.6 Å². The number of amides is 1. The molecule has 0 bridgehead atoms. The van der Waals surface area contributed by atoms with E-state index >= 15 is 0 Å². The van der Waals surface area contributed by atoms with Crippen molar-refractivity contribution in [2.24, 2.45) is 0 Å². The summed E-state index contributed by atoms with van der Waals surface area (Å²) in [6.45, 7) is 0. The predicted molar refractivity (Wildman–Crippen MR) is 109 cm³/mol. The SMILES string of the molecule is N#Cc1ccc(NC(=O)c2nn3c(c2Br)N[C@@H](c2cccs2)C[C@H]3C(F)(F)F)cc1. The van der Waals surface area contributed by atoms with Gasteiger partial charge in [0, 0.05) is 17.0 Å². The Morgan fingerprint density at radius 1 is 1.33 bits per heavy atom. The van der Waals surface area contributed by atoms with Gasteiger partial charge in [0.1, 0.15) is 5.82 Å². The predicted octanol–water partition coefficient (Wildman–Crippen LogP) is 5.49. The number of hydrogen-bond acceptors (Lipinski definition) is 5. The highest BCUT2D eigenvalue weighted by atomic mass is 79.9. The molecule has 11 heteroatoms. The van der Waals surface area contributed by atoms with Crippen LogP contribution >= 0.6 is 27.3 Å². The quantitative estimate of drug-likeness (QED) is 0.503. The number of fused-ring (bicyclic) bond motifs is 1. The van der Waals surface area contributed by atoms with Crippen LogP contribution in [0.5, 0.6) is 0 Å². The molecule has 1 amide bonds. The Hall–Kier alpha value is -2.84. The summed E-state index contributed by atoms with van der Waals surface area (Å²) in [5.41, 5.74) is 0.653. The van der Waals surface area contributed by atoms with E-state index in [1.54, 1.807) is 17.5 Å². The second kappa shape index (κ2) is 7.77. The van der Waals surface area contributed by atoms with Crippen LogP contribution < -0.4 is 10.6 Å². The molecule has 0 saturated carbocycles. The summed E-state index contributed by atoms with van der Waals surface area (Å²) < 4.78 is 42.3. The number of nitrogens with zero attached hydrogens (tertiary/aromatic N) is 3. The Kier molecular flexibility index (Phi) is 5.29. The molecule has 2 N–H and O–H groups in total. The molecule has 6 nitrogen and oxygen atoms in total. The minimum atomic E-state index is -4.53. The van der Waals surface area contributed by atoms with E-state index in [0.29, 0.717) is 11.3 Å². The van der Waals surface area contributed by atoms with Gasteiger partial charge < -0.3 is 10.6 Å². The molecule has 30 heavy (non-hydrogen) atoms. The fourth-order valence-corrected chi connectivity index (χ4v) is 4.58. The van der Waals surface area contributed by atoms with Gasteiger partial charge >= 0.3 is 6.18 Å². The first-order valence-electron chi connectivity index (χ1n) is 8.74. The van der Waals surface area contributed by atoms with Crippen molar-refractivity contribution in [3.05, 3.63) is 62.4 Å². The van der Waals surface area contributed by atoms with Crippen LogP contribution in [-0.2, 0) is 0 Å². The molecule has 1 aromatic carbocycles. The number of anilines is 2. The van der Waals surface area contributed by atoms with Gasteiger partial charge in [-0.15, -0.1) is 11.3 Å². The number of benzene rings is 1. The minimum absolute atomic E-state index is 0.104. The zero-order valence-corrected chi connectivity index (χ0v) is 17.5. The van der Waals surface area contributed by atoms with E-state index in [9.17, 15) is 18.0 Å². The smallest absolute Gasteiger partial charge is 0.362 e. The van der Waals surface area contributed by atoms with E-state index in [4.69, 9.17) is 5.26 Å². The Labute approximate surface area is 181 Å². The highest BCUT2D eigenvalue weighted by Crippen LogP contribution is 2.46. The van der Waals surface area contributed by atoms with Crippen molar-refractivity contribution in [3.8, 4) is 6.07 Å². The maximum Gasteiger partial charge on any atom is 0.410 e. The van der Waals surface area contributed by atoms with Gasteiger partial charge in [0.15, 0.2) is 11.7 Å². The lowest BCUT2D eigenvalue weighted by atomic mass is 10.0. The van der Waals surface area contributed by atoms with E-state index in [1.165, 1.54) is 35.6 Å². The molecule has 0 unspecified atom stereocenters. The van der Waals surface area contributed by atoms with Crippen LogP contribution in [0.4, 0.5) is 24.7 Å². The number of carbonyl (C=O) groups excluding carboxylic acids is 1. The number of carbonyl (C=O) groups is 1. The van der Waals surface area contributed by atoms with Crippen molar-refractivity contribution in [2.45, 2.75) is 24.7 Å². The molecule has 0 aliphatic carbocycles. The molecule has 0 fully saturated rings. The van der Waals surface area contributed by atoms with Crippen LogP contribution in [0.2, 0.25) is 0 Å². The van der Waals surface area contributed by atoms with Gasteiger partial charge in [0.05, 0.1) is 22.1 Å². The Morgan fingerprint density at radius 2 is 2.07 bits per heavy atom. The van der Waals surface area contributed by atoms with Gasteiger partial charge in [0.25, 0.3) is 5.91 Å². The normalized spacial score (nSPS) is 18.2. The largest absolute Gasteiger partial charge is 0.410 e. The van der Waals surface area contributed by atoms with E-state index in [-0.39, 0.29) is 22.4 Å². The third kappa shape index (κ3) is 3.80. The molecular weight excluding hydrogens is 483 g/mol. The number of nitrogens with one attached hydrogen (secondary N) is 2. The molecule has 2 atom stereocenters. The molecule has 3 heterocycles. The van der Waals surface area contributed by atoms with Crippen molar-refractivity contribution in [1.29, 1.82) is 5.26 Å². The van der Waals surface area contributed by atoms with Crippen molar-refractivity contribution in [3.63, 3.8) is 0 Å². The number of thiophene rings is 1. The van der Waals surface area contributed by atoms with Gasteiger partial charge in [-0.25, -0.2) is 4.68 Å². The van der Waals surface area contributed by atoms with Crippen LogP contribution in [0.15, 0.2) is 46.3 Å². The average molecular weight is 496 g/mol. The Bertz CT molecular complexity index is 1120. The summed E-state index contributed by atoms with van der Waals surface area (Å²) in [5.74, 6) is -0.559. The van der Waals surface area contributed by atoms with Crippen LogP contribution in [0.3, 0.4) is 0 Å². The molecule has 3 aromatic rings. The maximum absolute atomic E-state index is 13.8. The fraction of sp³-hybridized carbons (Fsp3) is 0.211. The molecule has 0 radical (unpaired) electrons. The molecule has 1 aliphatic heterocycles. The van der Waals surface area contributed by atoms with Gasteiger partial charge in [-0.05, 0) is 51.6 Å². The summed E-state index contributed by atoms with van der Waals surface area (Å²) in [4.78, 5) is 13.5. The lowest BCUT2D eigenvalue weighted by Gasteiger charge is -2.33. The lowest BCUT2D eigenvalue weighted by molar-refractivity contribution is -0.173. The highest BCUT2D eigenvalue weighted by molar-refractivity contribution is 9.10. The lowest BCUT2D eigenvalue weighted by Crippen LogP contribution is -2.35. The third-order valence-electron chi connectivity index (χ3n) is 4.67. The molecule has 2 aromatic heterocycles. The van der Waals surface area contributed by atoms with E-state index in [1.807, 2.05) is 6.07 Å². The standard InChI is InChI=1S/C19H13BrF3N5OS/c20-15-16(18(29)25-11-5-3-10(9-24)4-6-11)27-28-14(19(21,22)23)8-12(26-17(15)28)13-2-1-7-30-13/h1-7,12,14,26H,8H2,(H,25,29)/t12-,14+/m1/s1. The number of hydrogen-bond donors (Lipinski definition) is 2. The summed E-state index contributed by atoms with van der Waals surface area (Å²) in [6.07, 6.45) is -4.76. The van der Waals surface area contributed by atoms with Gasteiger partial charge in [-0.2, -0.15) is 23.5 Å². The monoisotopic (exact) mass is 495 g/mol. The molecule has 4 rings (SSSR count). The van der Waals surface area contributed by atoms with Gasteiger partial charge in [-0.3, -0.25) is 4.79 Å². The number of nitriles is 1. The number of halogens is 4. The fourth-order valence-electron chi connectivity index (χ4n) is 3.23. The van der Waals surface area contributed by atoms with Crippen LogP contribution in [0.1, 0.15) is 39.4 Å². The number of alkyl halides is 3. The average Bonchev–Trinajstić information content (AvgIpc) is 3.36. The summed E-state index contributed by atoms with van der Waals surface area (Å²) in [7, 11) is 0. The molecular formula is C19H13BrF3N5OS. The van der Waals surface area contributed by atoms with Crippen LogP contribution in [-0.4, -0.2) is 21.9 Å². The van der Waals surface area contributed by atoms with Crippen LogP contribution in [0.25, 0.3) is 0 Å². The van der Waals surface area contributed by atoms with Crippen molar-refractivity contribution < 1.29 is 18.0 Å². The van der Waals surface area contributed by atoms with Gasteiger partial charge in [0.2, 0.25) is 0 Å². The molecule has 0 spiro atoms. The van der Waals surface area contributed by atoms with E-state index in [0.717, 1.165) is 9.56 Å². The molecule has 1 aliphatic rings. The first-order valence-corrected chi connectivity index (χ1v) is 10.4. The number of rotatable bonds is 3. The first kappa shape index (κ1) is 20.4. The zero-order valence-electron chi connectivity index (χ0n) is 15.1. The second-order valence-electron chi connectivity index (χ2n) is 6.60.